The third kappa shape index (κ3) is 3.74. The van der Waals surface area contributed by atoms with Crippen LogP contribution in [-0.2, 0) is 6.42 Å². The maximum absolute atomic E-state index is 8.67. The smallest absolute Gasteiger partial charge is 0.122 e. The lowest BCUT2D eigenvalue weighted by atomic mass is 10.1. The number of nitrogens with one attached hydrogen (secondary N) is 1. The number of methoxy groups -OCH3 is 1. The summed E-state index contributed by atoms with van der Waals surface area (Å²) in [6.07, 6.45) is 2.81. The highest BCUT2D eigenvalue weighted by atomic mass is 16.5. The fourth-order valence-electron chi connectivity index (χ4n) is 1.63. The zero-order valence-electron chi connectivity index (χ0n) is 10.1. The van der Waals surface area contributed by atoms with Gasteiger partial charge in [0.15, 0.2) is 0 Å². The van der Waals surface area contributed by atoms with Crippen molar-refractivity contribution in [2.45, 2.75) is 26.2 Å². The highest BCUT2D eigenvalue weighted by Gasteiger charge is 2.01. The first-order valence-corrected chi connectivity index (χ1v) is 5.83. The SMILES string of the molecule is CCc1cc(NCCCCO)ccc1OC. The summed E-state index contributed by atoms with van der Waals surface area (Å²) in [6.45, 7) is 3.29. The fourth-order valence-corrected chi connectivity index (χ4v) is 1.63. The topological polar surface area (TPSA) is 41.5 Å². The van der Waals surface area contributed by atoms with Gasteiger partial charge in [0.1, 0.15) is 5.75 Å². The van der Waals surface area contributed by atoms with Gasteiger partial charge in [0, 0.05) is 18.8 Å². The lowest BCUT2D eigenvalue weighted by Crippen LogP contribution is -2.03. The van der Waals surface area contributed by atoms with Crippen molar-refractivity contribution < 1.29 is 9.84 Å². The van der Waals surface area contributed by atoms with Gasteiger partial charge in [-0.25, -0.2) is 0 Å². The molecule has 16 heavy (non-hydrogen) atoms. The fraction of sp³-hybridized carbons (Fsp3) is 0.538. The Kier molecular flexibility index (Phi) is 5.72. The molecule has 0 heterocycles. The van der Waals surface area contributed by atoms with Gasteiger partial charge in [0.25, 0.3) is 0 Å². The van der Waals surface area contributed by atoms with E-state index < -0.39 is 0 Å². The van der Waals surface area contributed by atoms with Crippen LogP contribution in [-0.4, -0.2) is 25.4 Å². The van der Waals surface area contributed by atoms with E-state index in [4.69, 9.17) is 9.84 Å². The molecule has 3 heteroatoms. The second-order valence-electron chi connectivity index (χ2n) is 3.74. The Morgan fingerprint density at radius 3 is 2.75 bits per heavy atom. The van der Waals surface area contributed by atoms with Gasteiger partial charge in [0.05, 0.1) is 7.11 Å². The Hall–Kier alpha value is -1.22. The number of anilines is 1. The quantitative estimate of drug-likeness (QED) is 0.698. The van der Waals surface area contributed by atoms with Crippen molar-refractivity contribution in [2.75, 3.05) is 25.6 Å². The van der Waals surface area contributed by atoms with Gasteiger partial charge in [-0.15, -0.1) is 0 Å². The minimum atomic E-state index is 0.268. The monoisotopic (exact) mass is 223 g/mol. The second kappa shape index (κ2) is 7.12. The van der Waals surface area contributed by atoms with Crippen molar-refractivity contribution >= 4 is 5.69 Å². The lowest BCUT2D eigenvalue weighted by Gasteiger charge is -2.10. The molecule has 0 fully saturated rings. The van der Waals surface area contributed by atoms with Gasteiger partial charge in [-0.2, -0.15) is 0 Å². The highest BCUT2D eigenvalue weighted by molar-refractivity contribution is 5.51. The predicted octanol–water partition coefficient (Wildman–Crippen LogP) is 2.44. The van der Waals surface area contributed by atoms with Gasteiger partial charge in [-0.05, 0) is 43.0 Å². The first-order valence-electron chi connectivity index (χ1n) is 5.83. The molecule has 1 aromatic carbocycles. The molecule has 0 aliphatic carbocycles. The average Bonchev–Trinajstić information content (AvgIpc) is 2.34. The Balaban J connectivity index is 2.54. The molecular weight excluding hydrogens is 202 g/mol. The van der Waals surface area contributed by atoms with Crippen LogP contribution in [0.1, 0.15) is 25.3 Å². The molecule has 1 aromatic rings. The van der Waals surface area contributed by atoms with Crippen LogP contribution in [0.2, 0.25) is 0 Å². The molecule has 0 aliphatic heterocycles. The van der Waals surface area contributed by atoms with E-state index in [0.29, 0.717) is 0 Å². The molecule has 0 bridgehead atoms. The number of ether oxygens (including phenoxy) is 1. The minimum Gasteiger partial charge on any atom is -0.496 e. The number of benzene rings is 1. The van der Waals surface area contributed by atoms with Crippen LogP contribution < -0.4 is 10.1 Å². The van der Waals surface area contributed by atoms with E-state index in [2.05, 4.69) is 18.3 Å². The van der Waals surface area contributed by atoms with Crippen LogP contribution in [0, 0.1) is 0 Å². The Bertz CT molecular complexity index is 313. The largest absolute Gasteiger partial charge is 0.496 e. The van der Waals surface area contributed by atoms with E-state index in [1.54, 1.807) is 7.11 Å². The summed E-state index contributed by atoms with van der Waals surface area (Å²) in [4.78, 5) is 0. The maximum Gasteiger partial charge on any atom is 0.122 e. The standard InChI is InChI=1S/C13H21NO2/c1-3-11-10-12(6-7-13(11)16-2)14-8-4-5-9-15/h6-7,10,14-15H,3-5,8-9H2,1-2H3. The van der Waals surface area contributed by atoms with Crippen molar-refractivity contribution in [3.63, 3.8) is 0 Å². The molecule has 0 amide bonds. The minimum absolute atomic E-state index is 0.268. The molecule has 0 atom stereocenters. The van der Waals surface area contributed by atoms with Crippen LogP contribution in [0.5, 0.6) is 5.75 Å². The van der Waals surface area contributed by atoms with Crippen molar-refractivity contribution in [1.29, 1.82) is 0 Å². The number of rotatable bonds is 7. The number of unbranched alkanes of at least 4 members (excludes halogenated alkanes) is 1. The van der Waals surface area contributed by atoms with Crippen LogP contribution in [0.4, 0.5) is 5.69 Å². The van der Waals surface area contributed by atoms with Crippen molar-refractivity contribution in [3.8, 4) is 5.75 Å². The van der Waals surface area contributed by atoms with E-state index in [-0.39, 0.29) is 6.61 Å². The summed E-state index contributed by atoms with van der Waals surface area (Å²) < 4.78 is 5.27. The molecule has 0 unspecified atom stereocenters. The normalized spacial score (nSPS) is 10.2. The van der Waals surface area contributed by atoms with Crippen molar-refractivity contribution in [3.05, 3.63) is 23.8 Å². The van der Waals surface area contributed by atoms with E-state index >= 15 is 0 Å². The molecule has 3 nitrogen and oxygen atoms in total. The van der Waals surface area contributed by atoms with Crippen LogP contribution in [0.15, 0.2) is 18.2 Å². The number of aryl methyl sites for hydroxylation is 1. The third-order valence-electron chi connectivity index (χ3n) is 2.58. The lowest BCUT2D eigenvalue weighted by molar-refractivity contribution is 0.286. The first kappa shape index (κ1) is 12.8. The van der Waals surface area contributed by atoms with Gasteiger partial charge >= 0.3 is 0 Å². The molecule has 2 N–H and O–H groups in total. The van der Waals surface area contributed by atoms with Gasteiger partial charge < -0.3 is 15.2 Å². The van der Waals surface area contributed by atoms with Gasteiger partial charge in [-0.3, -0.25) is 0 Å². The van der Waals surface area contributed by atoms with Crippen LogP contribution >= 0.6 is 0 Å². The number of hydrogen-bond donors (Lipinski definition) is 2. The number of aliphatic hydroxyl groups excluding tert-OH is 1. The molecule has 1 rings (SSSR count). The van der Waals surface area contributed by atoms with Gasteiger partial charge in [0.2, 0.25) is 0 Å². The molecule has 0 aliphatic rings. The Labute approximate surface area is 97.4 Å². The zero-order chi connectivity index (χ0) is 11.8. The van der Waals surface area contributed by atoms with Crippen molar-refractivity contribution in [1.82, 2.24) is 0 Å². The van der Waals surface area contributed by atoms with E-state index in [1.807, 2.05) is 12.1 Å². The first-order chi connectivity index (χ1) is 7.81. The summed E-state index contributed by atoms with van der Waals surface area (Å²) >= 11 is 0. The maximum atomic E-state index is 8.67. The van der Waals surface area contributed by atoms with E-state index in [9.17, 15) is 0 Å². The number of aliphatic hydroxyl groups is 1. The van der Waals surface area contributed by atoms with E-state index in [0.717, 1.165) is 37.2 Å². The third-order valence-corrected chi connectivity index (χ3v) is 2.58. The number of hydrogen-bond acceptors (Lipinski definition) is 3. The summed E-state index contributed by atoms with van der Waals surface area (Å²) in [5.41, 5.74) is 2.34. The molecule has 0 radical (unpaired) electrons. The average molecular weight is 223 g/mol. The Morgan fingerprint density at radius 1 is 1.31 bits per heavy atom. The highest BCUT2D eigenvalue weighted by Crippen LogP contribution is 2.22. The van der Waals surface area contributed by atoms with E-state index in [1.165, 1.54) is 5.56 Å². The summed E-state index contributed by atoms with van der Waals surface area (Å²) in [5.74, 6) is 0.948. The zero-order valence-corrected chi connectivity index (χ0v) is 10.1. The summed E-state index contributed by atoms with van der Waals surface area (Å²) in [6, 6.07) is 6.14. The molecule has 0 spiro atoms. The second-order valence-corrected chi connectivity index (χ2v) is 3.74. The molecule has 90 valence electrons. The van der Waals surface area contributed by atoms with Crippen LogP contribution in [0.3, 0.4) is 0 Å². The predicted molar refractivity (Wildman–Crippen MR) is 67.2 cm³/mol. The summed E-state index contributed by atoms with van der Waals surface area (Å²) in [5, 5.41) is 12.0. The molecule has 0 aromatic heterocycles. The Morgan fingerprint density at radius 2 is 2.12 bits per heavy atom. The summed E-state index contributed by atoms with van der Waals surface area (Å²) in [7, 11) is 1.70. The molecule has 0 saturated heterocycles. The molecular formula is C13H21NO2. The molecule has 0 saturated carbocycles. The van der Waals surface area contributed by atoms with Crippen molar-refractivity contribution in [2.24, 2.45) is 0 Å². The van der Waals surface area contributed by atoms with Crippen LogP contribution in [0.25, 0.3) is 0 Å². The van der Waals surface area contributed by atoms with Gasteiger partial charge in [-0.1, -0.05) is 6.92 Å².